The highest BCUT2D eigenvalue weighted by Gasteiger charge is 2.15. The molecule has 1 N–H and O–H groups in total. The molecule has 2 aromatic rings. The molecule has 4 heteroatoms. The first-order chi connectivity index (χ1) is 10.1. The van der Waals surface area contributed by atoms with Crippen molar-refractivity contribution in [2.45, 2.75) is 26.4 Å². The van der Waals surface area contributed by atoms with Crippen molar-refractivity contribution >= 4 is 23.2 Å². The summed E-state index contributed by atoms with van der Waals surface area (Å²) < 4.78 is 5.61. The monoisotopic (exact) mass is 303 g/mol. The van der Waals surface area contributed by atoms with Gasteiger partial charge in [0.25, 0.3) is 5.91 Å². The molecule has 110 valence electrons. The van der Waals surface area contributed by atoms with Crippen LogP contribution in [0.15, 0.2) is 48.5 Å². The summed E-state index contributed by atoms with van der Waals surface area (Å²) in [7, 11) is 0. The number of hydrogen-bond donors (Lipinski definition) is 1. The maximum absolute atomic E-state index is 12.2. The zero-order valence-corrected chi connectivity index (χ0v) is 12.9. The predicted molar refractivity (Wildman–Crippen MR) is 86.0 cm³/mol. The molecule has 0 spiro atoms. The zero-order valence-electron chi connectivity index (χ0n) is 12.1. The van der Waals surface area contributed by atoms with Gasteiger partial charge in [-0.25, -0.2) is 0 Å². The van der Waals surface area contributed by atoms with Crippen LogP contribution in [0.5, 0.6) is 5.75 Å². The topological polar surface area (TPSA) is 38.3 Å². The summed E-state index contributed by atoms with van der Waals surface area (Å²) in [6.45, 7) is 3.77. The Bertz CT molecular complexity index is 610. The number of ether oxygens (including phenoxy) is 1. The number of rotatable bonds is 5. The van der Waals surface area contributed by atoms with Gasteiger partial charge in [0.2, 0.25) is 0 Å². The first-order valence-corrected chi connectivity index (χ1v) is 7.29. The largest absolute Gasteiger partial charge is 0.481 e. The molecule has 0 saturated heterocycles. The van der Waals surface area contributed by atoms with E-state index in [4.69, 9.17) is 16.3 Å². The van der Waals surface area contributed by atoms with Gasteiger partial charge in [-0.05, 0) is 49.2 Å². The number of para-hydroxylation sites is 1. The van der Waals surface area contributed by atoms with Gasteiger partial charge in [0.05, 0.1) is 0 Å². The van der Waals surface area contributed by atoms with Gasteiger partial charge in [-0.2, -0.15) is 0 Å². The van der Waals surface area contributed by atoms with Crippen LogP contribution >= 0.6 is 11.6 Å². The van der Waals surface area contributed by atoms with Gasteiger partial charge in [0.15, 0.2) is 6.10 Å². The Labute approximate surface area is 129 Å². The first-order valence-electron chi connectivity index (χ1n) is 6.91. The normalized spacial score (nSPS) is 11.8. The average molecular weight is 304 g/mol. The maximum Gasteiger partial charge on any atom is 0.265 e. The Morgan fingerprint density at radius 1 is 1.19 bits per heavy atom. The molecule has 0 radical (unpaired) electrons. The second-order valence-electron chi connectivity index (χ2n) is 4.71. The highest BCUT2D eigenvalue weighted by Crippen LogP contribution is 2.19. The van der Waals surface area contributed by atoms with Crippen LogP contribution in [-0.4, -0.2) is 12.0 Å². The fourth-order valence-electron chi connectivity index (χ4n) is 1.96. The fraction of sp³-hybridized carbons (Fsp3) is 0.235. The molecule has 0 aromatic heterocycles. The second kappa shape index (κ2) is 7.14. The third-order valence-electron chi connectivity index (χ3n) is 3.15. The van der Waals surface area contributed by atoms with Gasteiger partial charge >= 0.3 is 0 Å². The van der Waals surface area contributed by atoms with Gasteiger partial charge in [0.1, 0.15) is 5.75 Å². The number of carbonyl (C=O) groups excluding carboxylic acids is 1. The minimum Gasteiger partial charge on any atom is -0.481 e. The van der Waals surface area contributed by atoms with E-state index in [2.05, 4.69) is 12.2 Å². The molecule has 0 aliphatic heterocycles. The van der Waals surface area contributed by atoms with Crippen molar-refractivity contribution in [3.05, 3.63) is 59.1 Å². The molecule has 0 aliphatic carbocycles. The van der Waals surface area contributed by atoms with E-state index in [1.54, 1.807) is 31.2 Å². The van der Waals surface area contributed by atoms with Crippen LogP contribution in [0.4, 0.5) is 5.69 Å². The van der Waals surface area contributed by atoms with Gasteiger partial charge < -0.3 is 10.1 Å². The third-order valence-corrected chi connectivity index (χ3v) is 3.40. The van der Waals surface area contributed by atoms with Crippen LogP contribution in [0, 0.1) is 0 Å². The Kier molecular flexibility index (Phi) is 5.23. The second-order valence-corrected chi connectivity index (χ2v) is 5.15. The summed E-state index contributed by atoms with van der Waals surface area (Å²) in [6, 6.07) is 14.7. The summed E-state index contributed by atoms with van der Waals surface area (Å²) in [6.07, 6.45) is 0.277. The zero-order chi connectivity index (χ0) is 15.2. The molecular formula is C17H18ClNO2. The maximum atomic E-state index is 12.2. The molecule has 0 bridgehead atoms. The fourth-order valence-corrected chi connectivity index (χ4v) is 2.08. The lowest BCUT2D eigenvalue weighted by molar-refractivity contribution is -0.122. The molecule has 0 fully saturated rings. The number of carbonyl (C=O) groups is 1. The Morgan fingerprint density at radius 2 is 1.86 bits per heavy atom. The first kappa shape index (κ1) is 15.4. The molecule has 0 saturated carbocycles. The summed E-state index contributed by atoms with van der Waals surface area (Å²) in [5, 5.41) is 3.54. The van der Waals surface area contributed by atoms with Crippen LogP contribution in [0.1, 0.15) is 19.4 Å². The van der Waals surface area contributed by atoms with E-state index in [1.165, 1.54) is 0 Å². The van der Waals surface area contributed by atoms with E-state index in [0.29, 0.717) is 10.8 Å². The van der Waals surface area contributed by atoms with Crippen LogP contribution in [-0.2, 0) is 11.2 Å². The van der Waals surface area contributed by atoms with E-state index in [-0.39, 0.29) is 5.91 Å². The van der Waals surface area contributed by atoms with Crippen LogP contribution in [0.25, 0.3) is 0 Å². The van der Waals surface area contributed by atoms with Crippen molar-refractivity contribution in [2.75, 3.05) is 5.32 Å². The lowest BCUT2D eigenvalue weighted by Crippen LogP contribution is -2.30. The summed E-state index contributed by atoms with van der Waals surface area (Å²) in [4.78, 5) is 12.2. The van der Waals surface area contributed by atoms with Crippen molar-refractivity contribution < 1.29 is 9.53 Å². The number of halogens is 1. The number of anilines is 1. The minimum atomic E-state index is -0.587. The molecule has 1 unspecified atom stereocenters. The lowest BCUT2D eigenvalue weighted by atomic mass is 10.1. The van der Waals surface area contributed by atoms with E-state index in [0.717, 1.165) is 17.7 Å². The Morgan fingerprint density at radius 3 is 2.52 bits per heavy atom. The number of benzene rings is 2. The van der Waals surface area contributed by atoms with Crippen LogP contribution in [0.2, 0.25) is 5.02 Å². The van der Waals surface area contributed by atoms with E-state index >= 15 is 0 Å². The van der Waals surface area contributed by atoms with E-state index in [1.807, 2.05) is 24.3 Å². The third kappa shape index (κ3) is 4.23. The van der Waals surface area contributed by atoms with Gasteiger partial charge in [-0.15, -0.1) is 0 Å². The number of aryl methyl sites for hydroxylation is 1. The molecular weight excluding hydrogens is 286 g/mol. The van der Waals surface area contributed by atoms with E-state index in [9.17, 15) is 4.79 Å². The Hall–Kier alpha value is -2.00. The van der Waals surface area contributed by atoms with Crippen molar-refractivity contribution in [1.82, 2.24) is 0 Å². The smallest absolute Gasteiger partial charge is 0.265 e. The lowest BCUT2D eigenvalue weighted by Gasteiger charge is -2.16. The van der Waals surface area contributed by atoms with Crippen LogP contribution in [0.3, 0.4) is 0 Å². The molecule has 21 heavy (non-hydrogen) atoms. The number of hydrogen-bond acceptors (Lipinski definition) is 2. The molecule has 1 atom stereocenters. The Balaban J connectivity index is 2.01. The minimum absolute atomic E-state index is 0.175. The molecule has 0 heterocycles. The molecule has 0 aliphatic rings. The highest BCUT2D eigenvalue weighted by atomic mass is 35.5. The number of nitrogens with one attached hydrogen (secondary N) is 1. The number of amides is 1. The van der Waals surface area contributed by atoms with Crippen molar-refractivity contribution in [2.24, 2.45) is 0 Å². The van der Waals surface area contributed by atoms with Crippen molar-refractivity contribution in [3.8, 4) is 5.75 Å². The summed E-state index contributed by atoms with van der Waals surface area (Å²) in [5.41, 5.74) is 1.93. The quantitative estimate of drug-likeness (QED) is 0.894. The molecule has 1 amide bonds. The highest BCUT2D eigenvalue weighted by molar-refractivity contribution is 6.30. The standard InChI is InChI=1S/C17H18ClNO2/c1-3-13-6-4-5-7-16(13)19-17(20)12(2)21-15-10-8-14(18)9-11-15/h4-12H,3H2,1-2H3,(H,19,20). The van der Waals surface area contributed by atoms with Gasteiger partial charge in [-0.3, -0.25) is 4.79 Å². The molecule has 3 nitrogen and oxygen atoms in total. The molecule has 2 rings (SSSR count). The molecule has 2 aromatic carbocycles. The predicted octanol–water partition coefficient (Wildman–Crippen LogP) is 4.31. The summed E-state index contributed by atoms with van der Waals surface area (Å²) in [5.74, 6) is 0.441. The van der Waals surface area contributed by atoms with E-state index < -0.39 is 6.10 Å². The average Bonchev–Trinajstić information content (AvgIpc) is 2.50. The van der Waals surface area contributed by atoms with Crippen molar-refractivity contribution in [3.63, 3.8) is 0 Å². The summed E-state index contributed by atoms with van der Waals surface area (Å²) >= 11 is 5.82. The van der Waals surface area contributed by atoms with Gasteiger partial charge in [0, 0.05) is 10.7 Å². The van der Waals surface area contributed by atoms with Gasteiger partial charge in [-0.1, -0.05) is 36.7 Å². The van der Waals surface area contributed by atoms with Crippen LogP contribution < -0.4 is 10.1 Å². The SMILES string of the molecule is CCc1ccccc1NC(=O)C(C)Oc1ccc(Cl)cc1. The van der Waals surface area contributed by atoms with Crippen molar-refractivity contribution in [1.29, 1.82) is 0 Å².